The Kier molecular flexibility index (Phi) is 6.25. The number of hydrogen-bond acceptors (Lipinski definition) is 6. The van der Waals surface area contributed by atoms with Crippen LogP contribution in [0.5, 0.6) is 0 Å². The number of carbonyl (C=O) groups is 1. The fourth-order valence-corrected chi connectivity index (χ4v) is 5.57. The molecule has 3 aromatic carbocycles. The van der Waals surface area contributed by atoms with E-state index in [0.717, 1.165) is 0 Å². The predicted molar refractivity (Wildman–Crippen MR) is 126 cm³/mol. The van der Waals surface area contributed by atoms with Crippen LogP contribution in [0.15, 0.2) is 77.2 Å². The lowest BCUT2D eigenvalue weighted by Gasteiger charge is -2.18. The summed E-state index contributed by atoms with van der Waals surface area (Å²) < 4.78 is 32.3. The molecule has 0 saturated heterocycles. The summed E-state index contributed by atoms with van der Waals surface area (Å²) in [6.07, 6.45) is 0. The Balaban J connectivity index is 1.70. The molecule has 0 N–H and O–H groups in total. The lowest BCUT2D eigenvalue weighted by atomic mass is 10.0. The van der Waals surface area contributed by atoms with Crippen LogP contribution < -0.4 is 0 Å². The number of hydrogen-bond donors (Lipinski definition) is 0. The topological polar surface area (TPSA) is 107 Å². The van der Waals surface area contributed by atoms with Crippen LogP contribution in [0.4, 0.5) is 5.69 Å². The van der Waals surface area contributed by atoms with Crippen molar-refractivity contribution in [2.75, 3.05) is 5.75 Å². The highest BCUT2D eigenvalue weighted by molar-refractivity contribution is 7.92. The average molecular weight is 504 g/mol. The summed E-state index contributed by atoms with van der Waals surface area (Å²) in [6.45, 7) is 0. The molecule has 0 aliphatic heterocycles. The van der Waals surface area contributed by atoms with Gasteiger partial charge in [-0.15, -0.1) is 0 Å². The Morgan fingerprint density at radius 3 is 1.97 bits per heavy atom. The Morgan fingerprint density at radius 2 is 1.45 bits per heavy atom. The third kappa shape index (κ3) is 4.93. The molecule has 4 aromatic rings. The van der Waals surface area contributed by atoms with Gasteiger partial charge in [0.05, 0.1) is 4.92 Å². The van der Waals surface area contributed by atoms with E-state index in [1.807, 2.05) is 0 Å². The third-order valence-electron chi connectivity index (χ3n) is 5.02. The number of nitrogens with zero attached hydrogens (tertiary/aromatic N) is 1. The minimum atomic E-state index is -4.06. The molecule has 1 heterocycles. The van der Waals surface area contributed by atoms with Crippen molar-refractivity contribution in [3.63, 3.8) is 0 Å². The molecule has 4 rings (SSSR count). The van der Waals surface area contributed by atoms with E-state index in [0.29, 0.717) is 26.6 Å². The van der Waals surface area contributed by atoms with E-state index in [9.17, 15) is 23.3 Å². The van der Waals surface area contributed by atoms with Gasteiger partial charge >= 0.3 is 0 Å². The van der Waals surface area contributed by atoms with Gasteiger partial charge in [-0.05, 0) is 47.5 Å². The highest BCUT2D eigenvalue weighted by Crippen LogP contribution is 2.33. The average Bonchev–Trinajstić information content (AvgIpc) is 3.20. The first-order chi connectivity index (χ1) is 15.6. The monoisotopic (exact) mass is 503 g/mol. The van der Waals surface area contributed by atoms with Crippen molar-refractivity contribution in [2.24, 2.45) is 0 Å². The molecule has 0 bridgehead atoms. The largest absolute Gasteiger partial charge is 0.453 e. The zero-order valence-electron chi connectivity index (χ0n) is 16.8. The maximum Gasteiger partial charge on any atom is 0.270 e. The first-order valence-corrected chi connectivity index (χ1v) is 12.0. The SMILES string of the molecule is O=C(CS(=O)(=O)C(c1ccc(Cl)cc1)c1ccc(Cl)cc1)c1cc2cc([N+](=O)[O-])ccc2o1. The van der Waals surface area contributed by atoms with Gasteiger partial charge in [0.25, 0.3) is 5.69 Å². The first-order valence-electron chi connectivity index (χ1n) is 9.58. The fourth-order valence-electron chi connectivity index (χ4n) is 3.50. The van der Waals surface area contributed by atoms with Crippen molar-refractivity contribution in [3.8, 4) is 0 Å². The highest BCUT2D eigenvalue weighted by atomic mass is 35.5. The maximum atomic E-state index is 13.4. The first kappa shape index (κ1) is 23.0. The van der Waals surface area contributed by atoms with Gasteiger partial charge in [0.2, 0.25) is 5.78 Å². The number of furan rings is 1. The molecule has 0 unspecified atom stereocenters. The second kappa shape index (κ2) is 8.97. The zero-order valence-corrected chi connectivity index (χ0v) is 19.1. The van der Waals surface area contributed by atoms with Gasteiger partial charge in [0, 0.05) is 27.6 Å². The van der Waals surface area contributed by atoms with Crippen molar-refractivity contribution >= 4 is 55.5 Å². The molecule has 10 heteroatoms. The van der Waals surface area contributed by atoms with E-state index < -0.39 is 31.5 Å². The summed E-state index contributed by atoms with van der Waals surface area (Å²) in [7, 11) is -4.06. The number of non-ortho nitro benzene ring substituents is 1. The standard InChI is InChI=1S/C23H15Cl2NO6S/c24-17-5-1-14(2-6-17)23(15-3-7-18(25)8-4-15)33(30,31)13-20(27)22-12-16-11-19(26(28)29)9-10-21(16)32-22/h1-12,23H,13H2. The zero-order chi connectivity index (χ0) is 23.8. The van der Waals surface area contributed by atoms with E-state index in [4.69, 9.17) is 27.6 Å². The van der Waals surface area contributed by atoms with Gasteiger partial charge in [0.15, 0.2) is 15.6 Å². The summed E-state index contributed by atoms with van der Waals surface area (Å²) >= 11 is 11.9. The van der Waals surface area contributed by atoms with Crippen molar-refractivity contribution < 1.29 is 22.6 Å². The number of carbonyl (C=O) groups excluding carboxylic acids is 1. The summed E-state index contributed by atoms with van der Waals surface area (Å²) in [6, 6.07) is 17.8. The molecular formula is C23H15Cl2NO6S. The van der Waals surface area contributed by atoms with E-state index in [-0.39, 0.29) is 17.0 Å². The smallest absolute Gasteiger partial charge is 0.270 e. The molecule has 0 radical (unpaired) electrons. The lowest BCUT2D eigenvalue weighted by Crippen LogP contribution is -2.23. The summed E-state index contributed by atoms with van der Waals surface area (Å²) in [5, 5.41) is 11.1. The van der Waals surface area contributed by atoms with Gasteiger partial charge in [-0.2, -0.15) is 0 Å². The van der Waals surface area contributed by atoms with E-state index in [2.05, 4.69) is 0 Å². The van der Waals surface area contributed by atoms with Gasteiger partial charge in [0.1, 0.15) is 16.6 Å². The normalized spacial score (nSPS) is 11.7. The number of ketones is 1. The number of benzene rings is 3. The predicted octanol–water partition coefficient (Wildman–Crippen LogP) is 6.03. The van der Waals surface area contributed by atoms with Crippen molar-refractivity contribution in [1.29, 1.82) is 0 Å². The molecule has 0 fully saturated rings. The molecule has 1 aromatic heterocycles. The Hall–Kier alpha value is -3.20. The Bertz CT molecular complexity index is 1420. The number of nitro groups is 1. The number of nitro benzene ring substituents is 1. The quantitative estimate of drug-likeness (QED) is 0.173. The second-order valence-corrected chi connectivity index (χ2v) is 10.3. The number of Topliss-reactive ketones (excluding diaryl/α,β-unsaturated/α-hetero) is 1. The Morgan fingerprint density at radius 1 is 0.909 bits per heavy atom. The molecule has 33 heavy (non-hydrogen) atoms. The number of fused-ring (bicyclic) bond motifs is 1. The maximum absolute atomic E-state index is 13.4. The van der Waals surface area contributed by atoms with E-state index in [1.54, 1.807) is 48.5 Å². The molecule has 7 nitrogen and oxygen atoms in total. The minimum absolute atomic E-state index is 0.166. The van der Waals surface area contributed by atoms with Crippen molar-refractivity contribution in [1.82, 2.24) is 0 Å². The van der Waals surface area contributed by atoms with Crippen molar-refractivity contribution in [2.45, 2.75) is 5.25 Å². The van der Waals surface area contributed by atoms with Crippen LogP contribution in [0.25, 0.3) is 11.0 Å². The molecule has 0 saturated carbocycles. The summed E-state index contributed by atoms with van der Waals surface area (Å²) in [5.41, 5.74) is 0.957. The van der Waals surface area contributed by atoms with E-state index in [1.165, 1.54) is 24.3 Å². The summed E-state index contributed by atoms with van der Waals surface area (Å²) in [4.78, 5) is 23.3. The van der Waals surface area contributed by atoms with Crippen molar-refractivity contribution in [3.05, 3.63) is 110 Å². The molecule has 0 aliphatic rings. The molecule has 0 atom stereocenters. The van der Waals surface area contributed by atoms with Crippen LogP contribution >= 0.6 is 23.2 Å². The molecular weight excluding hydrogens is 489 g/mol. The van der Waals surface area contributed by atoms with Gasteiger partial charge in [-0.3, -0.25) is 14.9 Å². The molecule has 0 amide bonds. The fraction of sp³-hybridized carbons (Fsp3) is 0.0870. The van der Waals surface area contributed by atoms with Crippen LogP contribution in [0.1, 0.15) is 26.9 Å². The molecule has 0 aliphatic carbocycles. The van der Waals surface area contributed by atoms with Crippen LogP contribution in [-0.4, -0.2) is 24.9 Å². The number of halogens is 2. The Labute approximate surface area is 198 Å². The molecule has 0 spiro atoms. The highest BCUT2D eigenvalue weighted by Gasteiger charge is 2.32. The summed E-state index contributed by atoms with van der Waals surface area (Å²) in [5.74, 6) is -1.79. The van der Waals surface area contributed by atoms with Gasteiger partial charge < -0.3 is 4.42 Å². The number of rotatable bonds is 7. The van der Waals surface area contributed by atoms with Crippen LogP contribution in [0.3, 0.4) is 0 Å². The van der Waals surface area contributed by atoms with Crippen LogP contribution in [0, 0.1) is 10.1 Å². The minimum Gasteiger partial charge on any atom is -0.453 e. The van der Waals surface area contributed by atoms with Crippen LogP contribution in [0.2, 0.25) is 10.0 Å². The second-order valence-electron chi connectivity index (χ2n) is 7.30. The molecule has 168 valence electrons. The number of sulfone groups is 1. The lowest BCUT2D eigenvalue weighted by molar-refractivity contribution is -0.384. The van der Waals surface area contributed by atoms with Gasteiger partial charge in [-0.25, -0.2) is 8.42 Å². The third-order valence-corrected chi connectivity index (χ3v) is 7.45. The van der Waals surface area contributed by atoms with E-state index >= 15 is 0 Å². The van der Waals surface area contributed by atoms with Gasteiger partial charge in [-0.1, -0.05) is 47.5 Å². The van der Waals surface area contributed by atoms with Crippen LogP contribution in [-0.2, 0) is 9.84 Å².